The Hall–Kier alpha value is -0.650. The minimum atomic E-state index is -0.172. The molecular weight excluding hydrogens is 218 g/mol. The second-order valence-corrected chi connectivity index (χ2v) is 5.73. The summed E-state index contributed by atoms with van der Waals surface area (Å²) in [6.07, 6.45) is 0.881. The highest BCUT2D eigenvalue weighted by Gasteiger charge is 2.37. The molecule has 1 amide bonds. The van der Waals surface area contributed by atoms with E-state index in [0.29, 0.717) is 13.2 Å². The van der Waals surface area contributed by atoms with E-state index in [9.17, 15) is 4.79 Å². The number of piperidine rings is 1. The predicted octanol–water partition coefficient (Wildman–Crippen LogP) is -0.439. The molecule has 0 radical (unpaired) electrons. The molecule has 2 rings (SSSR count). The van der Waals surface area contributed by atoms with Crippen molar-refractivity contribution >= 4 is 5.91 Å². The Morgan fingerprint density at radius 2 is 2.29 bits per heavy atom. The molecule has 5 heteroatoms. The van der Waals surface area contributed by atoms with Crippen LogP contribution in [0.15, 0.2) is 0 Å². The lowest BCUT2D eigenvalue weighted by Crippen LogP contribution is -2.59. The average molecular weight is 241 g/mol. The fourth-order valence-electron chi connectivity index (χ4n) is 2.51. The van der Waals surface area contributed by atoms with Crippen molar-refractivity contribution in [3.05, 3.63) is 0 Å². The number of hydrogen-bond donors (Lipinski definition) is 2. The normalized spacial score (nSPS) is 33.5. The molecule has 3 N–H and O–H groups in total. The number of morpholine rings is 1. The highest BCUT2D eigenvalue weighted by Crippen LogP contribution is 2.28. The zero-order valence-corrected chi connectivity index (χ0v) is 10.7. The third-order valence-corrected chi connectivity index (χ3v) is 3.84. The Labute approximate surface area is 103 Å². The van der Waals surface area contributed by atoms with E-state index >= 15 is 0 Å². The first kappa shape index (κ1) is 12.8. The van der Waals surface area contributed by atoms with Gasteiger partial charge in [-0.05, 0) is 11.8 Å². The maximum Gasteiger partial charge on any atom is 0.242 e. The number of nitrogens with zero attached hydrogens (tertiary/aromatic N) is 1. The molecule has 2 heterocycles. The fourth-order valence-corrected chi connectivity index (χ4v) is 2.51. The number of carbonyl (C=O) groups is 1. The van der Waals surface area contributed by atoms with Crippen LogP contribution < -0.4 is 11.1 Å². The van der Waals surface area contributed by atoms with Crippen molar-refractivity contribution in [3.63, 3.8) is 0 Å². The lowest BCUT2D eigenvalue weighted by atomic mass is 9.79. The highest BCUT2D eigenvalue weighted by atomic mass is 16.5. The Morgan fingerprint density at radius 1 is 1.53 bits per heavy atom. The van der Waals surface area contributed by atoms with Crippen LogP contribution in [0.25, 0.3) is 0 Å². The molecule has 0 aromatic heterocycles. The number of amides is 1. The van der Waals surface area contributed by atoms with Gasteiger partial charge in [-0.1, -0.05) is 13.8 Å². The van der Waals surface area contributed by atoms with Gasteiger partial charge in [0.05, 0.1) is 13.2 Å². The van der Waals surface area contributed by atoms with Crippen LogP contribution in [0.4, 0.5) is 0 Å². The summed E-state index contributed by atoms with van der Waals surface area (Å²) in [4.78, 5) is 14.2. The number of nitrogens with two attached hydrogens (primary N) is 1. The van der Waals surface area contributed by atoms with Gasteiger partial charge in [0.1, 0.15) is 6.04 Å². The Kier molecular flexibility index (Phi) is 3.70. The summed E-state index contributed by atoms with van der Waals surface area (Å²) in [5.74, 6) is 0.157. The Balaban J connectivity index is 1.95. The van der Waals surface area contributed by atoms with E-state index in [-0.39, 0.29) is 23.4 Å². The molecule has 98 valence electrons. The topological polar surface area (TPSA) is 67.6 Å². The first-order chi connectivity index (χ1) is 8.00. The van der Waals surface area contributed by atoms with Gasteiger partial charge in [0, 0.05) is 25.7 Å². The quantitative estimate of drug-likeness (QED) is 0.653. The van der Waals surface area contributed by atoms with Crippen LogP contribution in [-0.2, 0) is 9.53 Å². The number of nitrogens with one attached hydrogen (secondary N) is 1. The molecule has 0 aromatic carbocycles. The van der Waals surface area contributed by atoms with Gasteiger partial charge in [-0.2, -0.15) is 0 Å². The van der Waals surface area contributed by atoms with Crippen molar-refractivity contribution in [1.29, 1.82) is 0 Å². The lowest BCUT2D eigenvalue weighted by molar-refractivity contribution is -0.139. The van der Waals surface area contributed by atoms with E-state index in [0.717, 1.165) is 26.1 Å². The van der Waals surface area contributed by atoms with E-state index in [2.05, 4.69) is 19.2 Å². The van der Waals surface area contributed by atoms with Crippen molar-refractivity contribution in [2.75, 3.05) is 32.8 Å². The van der Waals surface area contributed by atoms with Gasteiger partial charge in [-0.25, -0.2) is 0 Å². The summed E-state index contributed by atoms with van der Waals surface area (Å²) in [5.41, 5.74) is 6.08. The second-order valence-electron chi connectivity index (χ2n) is 5.73. The molecule has 0 spiro atoms. The molecule has 2 aliphatic rings. The molecule has 2 atom stereocenters. The van der Waals surface area contributed by atoms with Crippen molar-refractivity contribution in [2.24, 2.45) is 11.1 Å². The van der Waals surface area contributed by atoms with Crippen LogP contribution in [0.3, 0.4) is 0 Å². The molecule has 5 nitrogen and oxygen atoms in total. The maximum atomic E-state index is 12.3. The molecule has 2 saturated heterocycles. The van der Waals surface area contributed by atoms with E-state index in [1.54, 1.807) is 0 Å². The molecule has 17 heavy (non-hydrogen) atoms. The first-order valence-electron chi connectivity index (χ1n) is 6.36. The SMILES string of the molecule is CC1(C)CN(C(=O)C2COCCN2)CCC1N. The third-order valence-electron chi connectivity index (χ3n) is 3.84. The van der Waals surface area contributed by atoms with Crippen molar-refractivity contribution in [1.82, 2.24) is 10.2 Å². The van der Waals surface area contributed by atoms with E-state index < -0.39 is 0 Å². The zero-order valence-electron chi connectivity index (χ0n) is 10.7. The fraction of sp³-hybridized carbons (Fsp3) is 0.917. The molecule has 2 aliphatic heterocycles. The molecule has 2 unspecified atom stereocenters. The van der Waals surface area contributed by atoms with Crippen LogP contribution >= 0.6 is 0 Å². The molecule has 0 bridgehead atoms. The van der Waals surface area contributed by atoms with Gasteiger partial charge in [-0.3, -0.25) is 4.79 Å². The monoisotopic (exact) mass is 241 g/mol. The van der Waals surface area contributed by atoms with Crippen molar-refractivity contribution in [3.8, 4) is 0 Å². The van der Waals surface area contributed by atoms with Gasteiger partial charge in [0.2, 0.25) is 5.91 Å². The largest absolute Gasteiger partial charge is 0.378 e. The first-order valence-corrected chi connectivity index (χ1v) is 6.36. The summed E-state index contributed by atoms with van der Waals surface area (Å²) in [5, 5.41) is 3.21. The summed E-state index contributed by atoms with van der Waals surface area (Å²) < 4.78 is 5.33. The number of ether oxygens (including phenoxy) is 1. The molecule has 0 aliphatic carbocycles. The maximum absolute atomic E-state index is 12.3. The summed E-state index contributed by atoms with van der Waals surface area (Å²) >= 11 is 0. The van der Waals surface area contributed by atoms with E-state index in [1.807, 2.05) is 4.90 Å². The minimum absolute atomic E-state index is 0.00341. The molecule has 0 saturated carbocycles. The van der Waals surface area contributed by atoms with Crippen LogP contribution in [0.5, 0.6) is 0 Å². The average Bonchev–Trinajstić information content (AvgIpc) is 2.33. The lowest BCUT2D eigenvalue weighted by Gasteiger charge is -2.43. The van der Waals surface area contributed by atoms with Gasteiger partial charge >= 0.3 is 0 Å². The summed E-state index contributed by atoms with van der Waals surface area (Å²) in [7, 11) is 0. The molecule has 2 fully saturated rings. The van der Waals surface area contributed by atoms with Gasteiger partial charge in [-0.15, -0.1) is 0 Å². The Morgan fingerprint density at radius 3 is 2.88 bits per heavy atom. The van der Waals surface area contributed by atoms with Crippen LogP contribution in [-0.4, -0.2) is 55.7 Å². The van der Waals surface area contributed by atoms with Crippen LogP contribution in [0.1, 0.15) is 20.3 Å². The number of rotatable bonds is 1. The summed E-state index contributed by atoms with van der Waals surface area (Å²) in [6.45, 7) is 7.70. The Bertz CT molecular complexity index is 287. The molecule has 0 aromatic rings. The number of likely N-dealkylation sites (tertiary alicyclic amines) is 1. The van der Waals surface area contributed by atoms with Crippen LogP contribution in [0, 0.1) is 5.41 Å². The van der Waals surface area contributed by atoms with Gasteiger partial charge in [0.25, 0.3) is 0 Å². The van der Waals surface area contributed by atoms with Crippen LogP contribution in [0.2, 0.25) is 0 Å². The summed E-state index contributed by atoms with van der Waals surface area (Å²) in [6, 6.07) is 0.0102. The third kappa shape index (κ3) is 2.78. The van der Waals surface area contributed by atoms with Crippen molar-refractivity contribution < 1.29 is 9.53 Å². The van der Waals surface area contributed by atoms with E-state index in [4.69, 9.17) is 10.5 Å². The highest BCUT2D eigenvalue weighted by molar-refractivity contribution is 5.82. The van der Waals surface area contributed by atoms with Gasteiger partial charge < -0.3 is 20.7 Å². The number of carbonyl (C=O) groups excluding carboxylic acids is 1. The second kappa shape index (κ2) is 4.92. The number of hydrogen-bond acceptors (Lipinski definition) is 4. The standard InChI is InChI=1S/C12H23N3O2/c1-12(2)8-15(5-3-10(12)13)11(16)9-7-17-6-4-14-9/h9-10,14H,3-8,13H2,1-2H3. The van der Waals surface area contributed by atoms with Crippen molar-refractivity contribution in [2.45, 2.75) is 32.4 Å². The predicted molar refractivity (Wildman–Crippen MR) is 65.6 cm³/mol. The molecular formula is C12H23N3O2. The smallest absolute Gasteiger partial charge is 0.242 e. The zero-order chi connectivity index (χ0) is 12.5. The van der Waals surface area contributed by atoms with Gasteiger partial charge in [0.15, 0.2) is 0 Å². The minimum Gasteiger partial charge on any atom is -0.378 e. The van der Waals surface area contributed by atoms with E-state index in [1.165, 1.54) is 0 Å².